The number of amides is 1. The summed E-state index contributed by atoms with van der Waals surface area (Å²) in [6, 6.07) is 13.7. The Bertz CT molecular complexity index is 839. The number of nitriles is 1. The third kappa shape index (κ3) is 5.86. The van der Waals surface area contributed by atoms with Gasteiger partial charge < -0.3 is 10.1 Å². The smallest absolute Gasteiger partial charge is 0.446 e. The number of carbonyl (C=O) groups excluding carboxylic acids is 1. The maximum absolute atomic E-state index is 12.3. The van der Waals surface area contributed by atoms with Crippen LogP contribution in [0.15, 0.2) is 59.0 Å². The molecule has 26 heavy (non-hydrogen) atoms. The van der Waals surface area contributed by atoms with Gasteiger partial charge in [-0.15, -0.1) is 0 Å². The molecule has 1 amide bonds. The van der Waals surface area contributed by atoms with Crippen molar-refractivity contribution in [3.05, 3.63) is 59.7 Å². The second kappa shape index (κ2) is 8.45. The highest BCUT2D eigenvalue weighted by Gasteiger charge is 2.29. The van der Waals surface area contributed by atoms with Gasteiger partial charge in [-0.05, 0) is 59.8 Å². The number of hydrogen-bond donors (Lipinski definition) is 1. The van der Waals surface area contributed by atoms with Crippen LogP contribution in [0.3, 0.4) is 0 Å². The van der Waals surface area contributed by atoms with Gasteiger partial charge in [0, 0.05) is 10.6 Å². The molecule has 0 fully saturated rings. The number of ether oxygens (including phenoxy) is 1. The fourth-order valence-corrected chi connectivity index (χ4v) is 2.49. The molecule has 2 rings (SSSR count). The molecule has 0 aromatic heterocycles. The highest BCUT2D eigenvalue weighted by molar-refractivity contribution is 8.00. The molecule has 8 heteroatoms. The van der Waals surface area contributed by atoms with Crippen molar-refractivity contribution >= 4 is 29.4 Å². The third-order valence-electron chi connectivity index (χ3n) is 3.14. The first-order valence-corrected chi connectivity index (χ1v) is 8.05. The molecular weight excluding hydrogens is 365 g/mol. The van der Waals surface area contributed by atoms with E-state index in [4.69, 9.17) is 4.74 Å². The van der Waals surface area contributed by atoms with Crippen molar-refractivity contribution in [1.29, 1.82) is 5.26 Å². The summed E-state index contributed by atoms with van der Waals surface area (Å²) < 4.78 is 41.9. The zero-order valence-electron chi connectivity index (χ0n) is 13.5. The molecule has 0 aliphatic rings. The fraction of sp³-hybridized carbons (Fsp3) is 0.111. The van der Waals surface area contributed by atoms with Gasteiger partial charge in [-0.3, -0.25) is 4.79 Å². The normalized spacial score (nSPS) is 11.6. The second-order valence-corrected chi connectivity index (χ2v) is 6.11. The van der Waals surface area contributed by atoms with Crippen LogP contribution >= 0.6 is 11.8 Å². The van der Waals surface area contributed by atoms with Crippen LogP contribution in [0.1, 0.15) is 5.56 Å². The number of anilines is 1. The number of nitrogens with one attached hydrogen (secondary N) is 1. The van der Waals surface area contributed by atoms with Crippen LogP contribution in [0, 0.1) is 11.3 Å². The molecule has 134 valence electrons. The predicted octanol–water partition coefficient (Wildman–Crippen LogP) is 4.85. The molecular formula is C18H13F3N2O2S. The Hall–Kier alpha value is -2.92. The van der Waals surface area contributed by atoms with Crippen LogP contribution in [0.25, 0.3) is 6.08 Å². The molecule has 0 saturated heterocycles. The van der Waals surface area contributed by atoms with Gasteiger partial charge in [0.15, 0.2) is 0 Å². The maximum Gasteiger partial charge on any atom is 0.446 e. The Morgan fingerprint density at radius 2 is 1.77 bits per heavy atom. The van der Waals surface area contributed by atoms with Crippen molar-refractivity contribution in [2.75, 3.05) is 12.4 Å². The molecule has 0 radical (unpaired) electrons. The van der Waals surface area contributed by atoms with E-state index >= 15 is 0 Å². The minimum Gasteiger partial charge on any atom is -0.497 e. The summed E-state index contributed by atoms with van der Waals surface area (Å²) in [5.41, 5.74) is -3.59. The van der Waals surface area contributed by atoms with E-state index in [0.29, 0.717) is 11.3 Å². The SMILES string of the molecule is COc1ccc(C=C(C#N)C(=O)Nc2ccc(SC(F)(F)F)cc2)cc1. The summed E-state index contributed by atoms with van der Waals surface area (Å²) in [5.74, 6) is -0.0125. The van der Waals surface area contributed by atoms with Gasteiger partial charge in [0.25, 0.3) is 5.91 Å². The van der Waals surface area contributed by atoms with Gasteiger partial charge >= 0.3 is 5.51 Å². The monoisotopic (exact) mass is 378 g/mol. The lowest BCUT2D eigenvalue weighted by atomic mass is 10.1. The predicted molar refractivity (Wildman–Crippen MR) is 93.6 cm³/mol. The Kier molecular flexibility index (Phi) is 6.31. The lowest BCUT2D eigenvalue weighted by Gasteiger charge is -2.08. The number of carbonyl (C=O) groups is 1. The second-order valence-electron chi connectivity index (χ2n) is 4.97. The quantitative estimate of drug-likeness (QED) is 0.459. The van der Waals surface area contributed by atoms with Crippen LogP contribution in [0.5, 0.6) is 5.75 Å². The largest absolute Gasteiger partial charge is 0.497 e. The number of alkyl halides is 3. The number of hydrogen-bond acceptors (Lipinski definition) is 4. The van der Waals surface area contributed by atoms with Crippen molar-refractivity contribution in [2.45, 2.75) is 10.4 Å². The summed E-state index contributed by atoms with van der Waals surface area (Å²) in [6.07, 6.45) is 1.41. The Balaban J connectivity index is 2.08. The van der Waals surface area contributed by atoms with Crippen molar-refractivity contribution in [2.24, 2.45) is 0 Å². The molecule has 1 N–H and O–H groups in total. The molecule has 0 bridgehead atoms. The van der Waals surface area contributed by atoms with E-state index in [0.717, 1.165) is 0 Å². The van der Waals surface area contributed by atoms with Gasteiger partial charge in [0.05, 0.1) is 7.11 Å². The van der Waals surface area contributed by atoms with Gasteiger partial charge in [0.1, 0.15) is 17.4 Å². The minimum atomic E-state index is -4.38. The fourth-order valence-electron chi connectivity index (χ4n) is 1.95. The van der Waals surface area contributed by atoms with Crippen LogP contribution in [0.4, 0.5) is 18.9 Å². The zero-order chi connectivity index (χ0) is 19.2. The summed E-state index contributed by atoms with van der Waals surface area (Å²) in [6.45, 7) is 0. The number of rotatable bonds is 5. The summed E-state index contributed by atoms with van der Waals surface area (Å²) in [4.78, 5) is 12.2. The van der Waals surface area contributed by atoms with E-state index < -0.39 is 11.4 Å². The van der Waals surface area contributed by atoms with Crippen LogP contribution in [0.2, 0.25) is 0 Å². The van der Waals surface area contributed by atoms with E-state index in [1.807, 2.05) is 0 Å². The van der Waals surface area contributed by atoms with Gasteiger partial charge in [-0.2, -0.15) is 18.4 Å². The Labute approximate surface area is 152 Å². The average molecular weight is 378 g/mol. The lowest BCUT2D eigenvalue weighted by Crippen LogP contribution is -2.13. The first kappa shape index (κ1) is 19.4. The van der Waals surface area contributed by atoms with Crippen LogP contribution in [-0.4, -0.2) is 18.5 Å². The van der Waals surface area contributed by atoms with Crippen molar-refractivity contribution in [1.82, 2.24) is 0 Å². The highest BCUT2D eigenvalue weighted by atomic mass is 32.2. The molecule has 0 aliphatic carbocycles. The van der Waals surface area contributed by atoms with E-state index in [1.165, 1.54) is 37.5 Å². The molecule has 0 unspecified atom stereocenters. The van der Waals surface area contributed by atoms with Crippen molar-refractivity contribution in [3.63, 3.8) is 0 Å². The molecule has 0 aliphatic heterocycles. The van der Waals surface area contributed by atoms with Crippen molar-refractivity contribution in [3.8, 4) is 11.8 Å². The number of nitrogens with zero attached hydrogens (tertiary/aromatic N) is 1. The summed E-state index contributed by atoms with van der Waals surface area (Å²) in [7, 11) is 1.53. The topological polar surface area (TPSA) is 62.1 Å². The number of thioether (sulfide) groups is 1. The number of benzene rings is 2. The van der Waals surface area contributed by atoms with Crippen LogP contribution in [-0.2, 0) is 4.79 Å². The number of methoxy groups -OCH3 is 1. The first-order valence-electron chi connectivity index (χ1n) is 7.24. The molecule has 2 aromatic rings. The molecule has 0 spiro atoms. The third-order valence-corrected chi connectivity index (χ3v) is 3.88. The molecule has 0 atom stereocenters. The standard InChI is InChI=1S/C18H13F3N2O2S/c1-25-15-6-2-12(3-7-15)10-13(11-22)17(24)23-14-4-8-16(9-5-14)26-18(19,20)21/h2-10H,1H3,(H,23,24). The summed E-state index contributed by atoms with van der Waals surface area (Å²) in [5, 5.41) is 11.7. The molecule has 0 heterocycles. The van der Waals surface area contributed by atoms with Gasteiger partial charge in [0.2, 0.25) is 0 Å². The van der Waals surface area contributed by atoms with E-state index in [9.17, 15) is 23.2 Å². The zero-order valence-corrected chi connectivity index (χ0v) is 14.3. The Morgan fingerprint density at radius 1 is 1.15 bits per heavy atom. The molecule has 4 nitrogen and oxygen atoms in total. The van der Waals surface area contributed by atoms with Crippen molar-refractivity contribution < 1.29 is 22.7 Å². The molecule has 2 aromatic carbocycles. The number of halogens is 3. The summed E-state index contributed by atoms with van der Waals surface area (Å²) >= 11 is -0.243. The average Bonchev–Trinajstić information content (AvgIpc) is 2.60. The lowest BCUT2D eigenvalue weighted by molar-refractivity contribution is -0.112. The first-order chi connectivity index (χ1) is 12.3. The van der Waals surface area contributed by atoms with Gasteiger partial charge in [-0.1, -0.05) is 12.1 Å². The van der Waals surface area contributed by atoms with E-state index in [-0.39, 0.29) is 27.9 Å². The highest BCUT2D eigenvalue weighted by Crippen LogP contribution is 2.37. The minimum absolute atomic E-state index is 0.00443. The van der Waals surface area contributed by atoms with Gasteiger partial charge in [-0.25, -0.2) is 0 Å². The van der Waals surface area contributed by atoms with E-state index in [1.54, 1.807) is 30.3 Å². The van der Waals surface area contributed by atoms with Crippen LogP contribution < -0.4 is 10.1 Å². The maximum atomic E-state index is 12.3. The molecule has 0 saturated carbocycles. The Morgan fingerprint density at radius 3 is 2.27 bits per heavy atom. The van der Waals surface area contributed by atoms with E-state index in [2.05, 4.69) is 5.32 Å².